The highest BCUT2D eigenvalue weighted by Crippen LogP contribution is 2.11. The zero-order valence-electron chi connectivity index (χ0n) is 11.9. The number of hydrogen-bond acceptors (Lipinski definition) is 3. The van der Waals surface area contributed by atoms with E-state index in [0.717, 1.165) is 5.56 Å². The number of anilines is 1. The number of amides is 2. The molecule has 0 aliphatic rings. The van der Waals surface area contributed by atoms with Crippen molar-refractivity contribution in [3.05, 3.63) is 29.8 Å². The minimum Gasteiger partial charge on any atom is -0.480 e. The van der Waals surface area contributed by atoms with Crippen molar-refractivity contribution in [3.63, 3.8) is 0 Å². The third-order valence-corrected chi connectivity index (χ3v) is 2.79. The Morgan fingerprint density at radius 2 is 2.00 bits per heavy atom. The number of nitrogens with one attached hydrogen (secondary N) is 3. The van der Waals surface area contributed by atoms with E-state index in [1.54, 1.807) is 19.9 Å². The van der Waals surface area contributed by atoms with Gasteiger partial charge in [0.25, 0.3) is 0 Å². The first-order valence-electron chi connectivity index (χ1n) is 6.48. The van der Waals surface area contributed by atoms with Crippen LogP contribution in [0.5, 0.6) is 0 Å². The van der Waals surface area contributed by atoms with Crippen LogP contribution in [-0.4, -0.2) is 30.2 Å². The summed E-state index contributed by atoms with van der Waals surface area (Å²) in [4.78, 5) is 22.8. The van der Waals surface area contributed by atoms with Gasteiger partial charge in [-0.1, -0.05) is 26.0 Å². The molecule has 1 unspecified atom stereocenters. The zero-order chi connectivity index (χ0) is 15.1. The predicted molar refractivity (Wildman–Crippen MR) is 77.6 cm³/mol. The lowest BCUT2D eigenvalue weighted by Crippen LogP contribution is -2.46. The van der Waals surface area contributed by atoms with E-state index >= 15 is 0 Å². The fourth-order valence-electron chi connectivity index (χ4n) is 1.79. The first-order valence-corrected chi connectivity index (χ1v) is 6.48. The Hall–Kier alpha value is -2.08. The fourth-order valence-corrected chi connectivity index (χ4v) is 1.79. The first kappa shape index (κ1) is 16.0. The maximum atomic E-state index is 11.8. The number of carbonyl (C=O) groups is 2. The summed E-state index contributed by atoms with van der Waals surface area (Å²) in [7, 11) is 1.84. The normalized spacial score (nSPS) is 12.0. The maximum absolute atomic E-state index is 11.8. The summed E-state index contributed by atoms with van der Waals surface area (Å²) in [6, 6.07) is 5.93. The zero-order valence-corrected chi connectivity index (χ0v) is 11.9. The second-order valence-electron chi connectivity index (χ2n) is 4.89. The summed E-state index contributed by atoms with van der Waals surface area (Å²) in [5, 5.41) is 17.1. The molecule has 0 saturated carbocycles. The second kappa shape index (κ2) is 7.49. The van der Waals surface area contributed by atoms with Gasteiger partial charge in [0, 0.05) is 12.2 Å². The van der Waals surface area contributed by atoms with Crippen LogP contribution in [0.2, 0.25) is 0 Å². The molecule has 0 bridgehead atoms. The fraction of sp³-hybridized carbons (Fsp3) is 0.429. The minimum atomic E-state index is -1.04. The van der Waals surface area contributed by atoms with Crippen molar-refractivity contribution in [2.45, 2.75) is 26.4 Å². The van der Waals surface area contributed by atoms with Crippen molar-refractivity contribution >= 4 is 17.7 Å². The smallest absolute Gasteiger partial charge is 0.326 e. The molecule has 1 aromatic carbocycles. The van der Waals surface area contributed by atoms with Crippen LogP contribution < -0.4 is 16.0 Å². The van der Waals surface area contributed by atoms with Crippen LogP contribution in [0.15, 0.2) is 24.3 Å². The molecule has 0 saturated heterocycles. The SMILES string of the molecule is CNCc1cccc(NC(=O)NC(C(=O)O)C(C)C)c1. The average molecular weight is 279 g/mol. The number of benzene rings is 1. The van der Waals surface area contributed by atoms with Crippen LogP contribution in [0.4, 0.5) is 10.5 Å². The largest absolute Gasteiger partial charge is 0.480 e. The molecule has 1 atom stereocenters. The summed E-state index contributed by atoms with van der Waals surface area (Å²) in [5.74, 6) is -1.23. The summed E-state index contributed by atoms with van der Waals surface area (Å²) in [5.41, 5.74) is 1.66. The van der Waals surface area contributed by atoms with Gasteiger partial charge in [-0.25, -0.2) is 9.59 Å². The number of carboxylic acids is 1. The highest BCUT2D eigenvalue weighted by atomic mass is 16.4. The molecule has 0 aliphatic heterocycles. The molecule has 6 heteroatoms. The molecule has 0 aromatic heterocycles. The Bertz CT molecular complexity index is 474. The molecule has 0 heterocycles. The quantitative estimate of drug-likeness (QED) is 0.637. The lowest BCUT2D eigenvalue weighted by atomic mass is 10.1. The van der Waals surface area contributed by atoms with Crippen molar-refractivity contribution in [2.75, 3.05) is 12.4 Å². The van der Waals surface area contributed by atoms with Gasteiger partial charge in [0.2, 0.25) is 0 Å². The van der Waals surface area contributed by atoms with Crippen molar-refractivity contribution < 1.29 is 14.7 Å². The van der Waals surface area contributed by atoms with Crippen LogP contribution in [-0.2, 0) is 11.3 Å². The molecule has 6 nitrogen and oxygen atoms in total. The third kappa shape index (κ3) is 4.89. The number of carboxylic acid groups (broad SMARTS) is 1. The van der Waals surface area contributed by atoms with E-state index in [-0.39, 0.29) is 5.92 Å². The van der Waals surface area contributed by atoms with E-state index in [2.05, 4.69) is 16.0 Å². The van der Waals surface area contributed by atoms with E-state index < -0.39 is 18.0 Å². The summed E-state index contributed by atoms with van der Waals surface area (Å²) in [6.45, 7) is 4.18. The average Bonchev–Trinajstić information content (AvgIpc) is 2.36. The molecular weight excluding hydrogens is 258 g/mol. The van der Waals surface area contributed by atoms with Crippen molar-refractivity contribution in [3.8, 4) is 0 Å². The summed E-state index contributed by atoms with van der Waals surface area (Å²) in [6.07, 6.45) is 0. The van der Waals surface area contributed by atoms with Gasteiger partial charge >= 0.3 is 12.0 Å². The third-order valence-electron chi connectivity index (χ3n) is 2.79. The molecule has 1 rings (SSSR count). The van der Waals surface area contributed by atoms with Crippen molar-refractivity contribution in [1.82, 2.24) is 10.6 Å². The molecule has 0 spiro atoms. The highest BCUT2D eigenvalue weighted by molar-refractivity contribution is 5.92. The maximum Gasteiger partial charge on any atom is 0.326 e. The second-order valence-corrected chi connectivity index (χ2v) is 4.89. The van der Waals surface area contributed by atoms with Gasteiger partial charge in [-0.05, 0) is 30.7 Å². The van der Waals surface area contributed by atoms with E-state index in [1.165, 1.54) is 0 Å². The van der Waals surface area contributed by atoms with Crippen LogP contribution in [0, 0.1) is 5.92 Å². The number of carbonyl (C=O) groups excluding carboxylic acids is 1. The van der Waals surface area contributed by atoms with E-state index in [9.17, 15) is 9.59 Å². The first-order chi connectivity index (χ1) is 9.43. The highest BCUT2D eigenvalue weighted by Gasteiger charge is 2.23. The molecule has 0 fully saturated rings. The van der Waals surface area contributed by atoms with E-state index in [4.69, 9.17) is 5.11 Å². The summed E-state index contributed by atoms with van der Waals surface area (Å²) < 4.78 is 0. The van der Waals surface area contributed by atoms with Gasteiger partial charge in [-0.3, -0.25) is 0 Å². The van der Waals surface area contributed by atoms with Gasteiger partial charge in [0.1, 0.15) is 6.04 Å². The Balaban J connectivity index is 2.66. The Morgan fingerprint density at radius 3 is 2.55 bits per heavy atom. The lowest BCUT2D eigenvalue weighted by Gasteiger charge is -2.18. The number of hydrogen-bond donors (Lipinski definition) is 4. The van der Waals surface area contributed by atoms with Crippen LogP contribution in [0.3, 0.4) is 0 Å². The predicted octanol–water partition coefficient (Wildman–Crippen LogP) is 1.64. The Morgan fingerprint density at radius 1 is 1.30 bits per heavy atom. The standard InChI is InChI=1S/C14H21N3O3/c1-9(2)12(13(18)19)17-14(20)16-11-6-4-5-10(7-11)8-15-3/h4-7,9,12,15H,8H2,1-3H3,(H,18,19)(H2,16,17,20). The van der Waals surface area contributed by atoms with Crippen LogP contribution >= 0.6 is 0 Å². The Kier molecular flexibility index (Phi) is 5.99. The Labute approximate surface area is 118 Å². The molecule has 20 heavy (non-hydrogen) atoms. The molecule has 0 radical (unpaired) electrons. The van der Waals surface area contributed by atoms with Gasteiger partial charge in [-0.15, -0.1) is 0 Å². The van der Waals surface area contributed by atoms with Gasteiger partial charge in [-0.2, -0.15) is 0 Å². The lowest BCUT2D eigenvalue weighted by molar-refractivity contribution is -0.140. The molecular formula is C14H21N3O3. The van der Waals surface area contributed by atoms with E-state index in [1.807, 2.05) is 25.2 Å². The number of rotatable bonds is 6. The van der Waals surface area contributed by atoms with Crippen molar-refractivity contribution in [2.24, 2.45) is 5.92 Å². The topological polar surface area (TPSA) is 90.5 Å². The van der Waals surface area contributed by atoms with Gasteiger partial charge in [0.05, 0.1) is 0 Å². The minimum absolute atomic E-state index is 0.186. The van der Waals surface area contributed by atoms with Crippen molar-refractivity contribution in [1.29, 1.82) is 0 Å². The molecule has 110 valence electrons. The van der Waals surface area contributed by atoms with Crippen LogP contribution in [0.1, 0.15) is 19.4 Å². The van der Waals surface area contributed by atoms with Crippen LogP contribution in [0.25, 0.3) is 0 Å². The monoisotopic (exact) mass is 279 g/mol. The van der Waals surface area contributed by atoms with E-state index in [0.29, 0.717) is 12.2 Å². The number of aliphatic carboxylic acids is 1. The van der Waals surface area contributed by atoms with Gasteiger partial charge < -0.3 is 21.1 Å². The summed E-state index contributed by atoms with van der Waals surface area (Å²) >= 11 is 0. The van der Waals surface area contributed by atoms with Gasteiger partial charge in [0.15, 0.2) is 0 Å². The molecule has 2 amide bonds. The number of urea groups is 1. The molecule has 4 N–H and O–H groups in total. The molecule has 0 aliphatic carbocycles. The molecule has 1 aromatic rings.